The lowest BCUT2D eigenvalue weighted by Crippen LogP contribution is -2.28. The molecule has 5 heteroatoms. The number of aromatic nitrogens is 2. The van der Waals surface area contributed by atoms with Gasteiger partial charge in [0, 0.05) is 42.2 Å². The molecule has 3 heterocycles. The first-order valence-corrected chi connectivity index (χ1v) is 7.50. The highest BCUT2D eigenvalue weighted by molar-refractivity contribution is 7.09. The standard InChI is InChI=1S/C14H17N3OS/c18-14(4-3-12-2-1-9-19-12)17-8-6-11(10-17)13-5-7-15-16-13/h1-2,5,7,9,11H,3-4,6,8,10H2,(H,15,16)/t11-/m0/s1. The molecule has 3 rings (SSSR count). The lowest BCUT2D eigenvalue weighted by Gasteiger charge is -2.15. The summed E-state index contributed by atoms with van der Waals surface area (Å²) in [5, 5.41) is 9.05. The summed E-state index contributed by atoms with van der Waals surface area (Å²) in [5.41, 5.74) is 1.15. The van der Waals surface area contributed by atoms with Gasteiger partial charge in [0.2, 0.25) is 5.91 Å². The molecule has 1 saturated heterocycles. The Labute approximate surface area is 116 Å². The Morgan fingerprint density at radius 3 is 3.21 bits per heavy atom. The van der Waals surface area contributed by atoms with E-state index in [0.717, 1.165) is 31.6 Å². The minimum atomic E-state index is 0.274. The second kappa shape index (κ2) is 5.57. The lowest BCUT2D eigenvalue weighted by atomic mass is 10.1. The van der Waals surface area contributed by atoms with Gasteiger partial charge in [-0.3, -0.25) is 9.89 Å². The zero-order valence-corrected chi connectivity index (χ0v) is 11.5. The number of H-pyrrole nitrogens is 1. The van der Waals surface area contributed by atoms with Crippen molar-refractivity contribution in [2.45, 2.75) is 25.2 Å². The van der Waals surface area contributed by atoms with Crippen LogP contribution in [0.1, 0.15) is 29.3 Å². The number of rotatable bonds is 4. The number of aromatic amines is 1. The van der Waals surface area contributed by atoms with Crippen LogP contribution < -0.4 is 0 Å². The Hall–Kier alpha value is -1.62. The molecule has 0 spiro atoms. The third kappa shape index (κ3) is 2.87. The van der Waals surface area contributed by atoms with Gasteiger partial charge in [0.05, 0.1) is 0 Å². The highest BCUT2D eigenvalue weighted by Gasteiger charge is 2.27. The summed E-state index contributed by atoms with van der Waals surface area (Å²) in [6.45, 7) is 1.69. The third-order valence-corrected chi connectivity index (χ3v) is 4.60. The molecule has 19 heavy (non-hydrogen) atoms. The lowest BCUT2D eigenvalue weighted by molar-refractivity contribution is -0.130. The molecule has 4 nitrogen and oxygen atoms in total. The zero-order valence-electron chi connectivity index (χ0n) is 10.7. The molecule has 0 saturated carbocycles. The van der Waals surface area contributed by atoms with Crippen molar-refractivity contribution in [3.8, 4) is 0 Å². The van der Waals surface area contributed by atoms with Crippen LogP contribution in [0.3, 0.4) is 0 Å². The summed E-state index contributed by atoms with van der Waals surface area (Å²) in [6.07, 6.45) is 4.29. The fourth-order valence-corrected chi connectivity index (χ4v) is 3.29. The van der Waals surface area contributed by atoms with E-state index >= 15 is 0 Å². The van der Waals surface area contributed by atoms with Crippen LogP contribution in [0.4, 0.5) is 0 Å². The second-order valence-corrected chi connectivity index (χ2v) is 5.95. The first-order chi connectivity index (χ1) is 9.33. The third-order valence-electron chi connectivity index (χ3n) is 3.67. The van der Waals surface area contributed by atoms with Crippen molar-refractivity contribution in [1.82, 2.24) is 15.1 Å². The van der Waals surface area contributed by atoms with E-state index in [1.807, 2.05) is 17.0 Å². The smallest absolute Gasteiger partial charge is 0.222 e. The van der Waals surface area contributed by atoms with Gasteiger partial charge in [0.15, 0.2) is 0 Å². The number of carbonyl (C=O) groups is 1. The van der Waals surface area contributed by atoms with Crippen molar-refractivity contribution < 1.29 is 4.79 Å². The average molecular weight is 275 g/mol. The molecule has 1 fully saturated rings. The van der Waals surface area contributed by atoms with Crippen molar-refractivity contribution >= 4 is 17.2 Å². The van der Waals surface area contributed by atoms with Crippen molar-refractivity contribution in [2.24, 2.45) is 0 Å². The van der Waals surface area contributed by atoms with E-state index in [4.69, 9.17) is 0 Å². The van der Waals surface area contributed by atoms with Gasteiger partial charge in [-0.05, 0) is 30.4 Å². The van der Waals surface area contributed by atoms with Crippen LogP contribution in [-0.4, -0.2) is 34.1 Å². The first-order valence-electron chi connectivity index (χ1n) is 6.62. The minimum absolute atomic E-state index is 0.274. The quantitative estimate of drug-likeness (QED) is 0.931. The van der Waals surface area contributed by atoms with E-state index in [2.05, 4.69) is 21.6 Å². The monoisotopic (exact) mass is 275 g/mol. The van der Waals surface area contributed by atoms with Crippen molar-refractivity contribution in [2.75, 3.05) is 13.1 Å². The van der Waals surface area contributed by atoms with Crippen LogP contribution in [0.15, 0.2) is 29.8 Å². The summed E-state index contributed by atoms with van der Waals surface area (Å²) >= 11 is 1.72. The molecule has 0 bridgehead atoms. The van der Waals surface area contributed by atoms with E-state index in [9.17, 15) is 4.79 Å². The van der Waals surface area contributed by atoms with Gasteiger partial charge in [0.25, 0.3) is 0 Å². The number of thiophene rings is 1. The number of hydrogen-bond donors (Lipinski definition) is 1. The number of hydrogen-bond acceptors (Lipinski definition) is 3. The molecule has 1 N–H and O–H groups in total. The summed E-state index contributed by atoms with van der Waals surface area (Å²) in [5.74, 6) is 0.698. The van der Waals surface area contributed by atoms with Crippen LogP contribution in [0.5, 0.6) is 0 Å². The van der Waals surface area contributed by atoms with Gasteiger partial charge in [-0.15, -0.1) is 11.3 Å². The highest BCUT2D eigenvalue weighted by Crippen LogP contribution is 2.26. The van der Waals surface area contributed by atoms with Crippen LogP contribution in [0, 0.1) is 0 Å². The molecule has 1 atom stereocenters. The van der Waals surface area contributed by atoms with E-state index in [0.29, 0.717) is 12.3 Å². The number of nitrogens with zero attached hydrogens (tertiary/aromatic N) is 2. The number of likely N-dealkylation sites (tertiary alicyclic amines) is 1. The second-order valence-electron chi connectivity index (χ2n) is 4.92. The zero-order chi connectivity index (χ0) is 13.1. The Bertz CT molecular complexity index is 521. The average Bonchev–Trinajstić information content (AvgIpc) is 3.14. The summed E-state index contributed by atoms with van der Waals surface area (Å²) < 4.78 is 0. The maximum atomic E-state index is 12.2. The van der Waals surface area contributed by atoms with Gasteiger partial charge in [-0.25, -0.2) is 0 Å². The number of amides is 1. The number of nitrogens with one attached hydrogen (secondary N) is 1. The molecule has 1 amide bonds. The summed E-state index contributed by atoms with van der Waals surface area (Å²) in [4.78, 5) is 15.4. The maximum absolute atomic E-state index is 12.2. The molecule has 1 aliphatic rings. The Balaban J connectivity index is 1.51. The van der Waals surface area contributed by atoms with E-state index in [1.54, 1.807) is 17.5 Å². The normalized spacial score (nSPS) is 18.9. The predicted octanol–water partition coefficient (Wildman–Crippen LogP) is 2.42. The van der Waals surface area contributed by atoms with Gasteiger partial charge < -0.3 is 4.90 Å². The Kier molecular flexibility index (Phi) is 3.64. The van der Waals surface area contributed by atoms with Gasteiger partial charge in [-0.2, -0.15) is 5.10 Å². The first kappa shape index (κ1) is 12.4. The molecule has 0 aliphatic carbocycles. The highest BCUT2D eigenvalue weighted by atomic mass is 32.1. The van der Waals surface area contributed by atoms with Crippen LogP contribution in [-0.2, 0) is 11.2 Å². The molecule has 100 valence electrons. The predicted molar refractivity (Wildman–Crippen MR) is 75.2 cm³/mol. The molecule has 1 aliphatic heterocycles. The fourth-order valence-electron chi connectivity index (χ4n) is 2.58. The van der Waals surface area contributed by atoms with Crippen molar-refractivity contribution in [3.05, 3.63) is 40.3 Å². The van der Waals surface area contributed by atoms with E-state index in [-0.39, 0.29) is 5.91 Å². The molecule has 2 aromatic heterocycles. The van der Waals surface area contributed by atoms with Crippen LogP contribution in [0.25, 0.3) is 0 Å². The number of carbonyl (C=O) groups excluding carboxylic acids is 1. The Morgan fingerprint density at radius 2 is 2.47 bits per heavy atom. The van der Waals surface area contributed by atoms with Crippen LogP contribution in [0.2, 0.25) is 0 Å². The molecular formula is C14H17N3OS. The molecule has 0 radical (unpaired) electrons. The van der Waals surface area contributed by atoms with Crippen molar-refractivity contribution in [3.63, 3.8) is 0 Å². The SMILES string of the molecule is O=C(CCc1cccs1)N1CC[C@H](c2ccn[nH]2)C1. The summed E-state index contributed by atoms with van der Waals surface area (Å²) in [7, 11) is 0. The van der Waals surface area contributed by atoms with E-state index in [1.165, 1.54) is 4.88 Å². The van der Waals surface area contributed by atoms with Gasteiger partial charge in [0.1, 0.15) is 0 Å². The molecule has 0 unspecified atom stereocenters. The Morgan fingerprint density at radius 1 is 1.53 bits per heavy atom. The maximum Gasteiger partial charge on any atom is 0.222 e. The minimum Gasteiger partial charge on any atom is -0.342 e. The van der Waals surface area contributed by atoms with E-state index < -0.39 is 0 Å². The summed E-state index contributed by atoms with van der Waals surface area (Å²) in [6, 6.07) is 6.13. The number of aryl methyl sites for hydroxylation is 1. The molecule has 2 aromatic rings. The fraction of sp³-hybridized carbons (Fsp3) is 0.429. The van der Waals surface area contributed by atoms with Crippen LogP contribution >= 0.6 is 11.3 Å². The van der Waals surface area contributed by atoms with Gasteiger partial charge >= 0.3 is 0 Å². The van der Waals surface area contributed by atoms with Crippen molar-refractivity contribution in [1.29, 1.82) is 0 Å². The molecule has 0 aromatic carbocycles. The molecular weight excluding hydrogens is 258 g/mol. The largest absolute Gasteiger partial charge is 0.342 e. The van der Waals surface area contributed by atoms with Gasteiger partial charge in [-0.1, -0.05) is 6.07 Å². The topological polar surface area (TPSA) is 49.0 Å².